The summed E-state index contributed by atoms with van der Waals surface area (Å²) < 4.78 is 6.96. The summed E-state index contributed by atoms with van der Waals surface area (Å²) in [6.07, 6.45) is 0. The molecule has 0 aliphatic carbocycles. The highest BCUT2D eigenvalue weighted by Gasteiger charge is 2.15. The van der Waals surface area contributed by atoms with Gasteiger partial charge >= 0.3 is 0 Å². The van der Waals surface area contributed by atoms with Gasteiger partial charge in [0.2, 0.25) is 5.91 Å². The number of benzene rings is 2. The van der Waals surface area contributed by atoms with Crippen LogP contribution in [0.2, 0.25) is 5.02 Å². The van der Waals surface area contributed by atoms with Crippen molar-refractivity contribution in [3.63, 3.8) is 0 Å². The molecule has 3 aromatic rings. The number of aromatic nitrogens is 3. The minimum atomic E-state index is -0.272. The number of amides is 2. The van der Waals surface area contributed by atoms with Gasteiger partial charge in [-0.25, -0.2) is 0 Å². The second-order valence-electron chi connectivity index (χ2n) is 6.64. The number of halogens is 1. The van der Waals surface area contributed by atoms with Gasteiger partial charge in [-0.3, -0.25) is 9.59 Å². The smallest absolute Gasteiger partial charge is 0.255 e. The lowest BCUT2D eigenvalue weighted by Gasteiger charge is -2.09. The molecule has 0 fully saturated rings. The molecule has 1 heterocycles. The Morgan fingerprint density at radius 3 is 2.74 bits per heavy atom. The number of para-hydroxylation sites is 1. The van der Waals surface area contributed by atoms with Gasteiger partial charge in [-0.1, -0.05) is 41.6 Å². The summed E-state index contributed by atoms with van der Waals surface area (Å²) in [5, 5.41) is 15.0. The summed E-state index contributed by atoms with van der Waals surface area (Å²) in [4.78, 5) is 24.7. The molecule has 0 atom stereocenters. The van der Waals surface area contributed by atoms with E-state index in [-0.39, 0.29) is 24.1 Å². The number of rotatable bonds is 8. The first-order chi connectivity index (χ1) is 14.9. The maximum Gasteiger partial charge on any atom is 0.255 e. The molecule has 0 unspecified atom stereocenters. The first kappa shape index (κ1) is 22.6. The van der Waals surface area contributed by atoms with Crippen LogP contribution in [0, 0.1) is 6.92 Å². The first-order valence-corrected chi connectivity index (χ1v) is 10.7. The van der Waals surface area contributed by atoms with Crippen LogP contribution in [-0.4, -0.2) is 39.4 Å². The Morgan fingerprint density at radius 1 is 1.19 bits per heavy atom. The summed E-state index contributed by atoms with van der Waals surface area (Å²) in [5.41, 5.74) is 2.04. The standard InChI is InChI=1S/C21H22ClN5O3S/c1-13-8-9-14(22)10-16(13)24-19(28)12-31-21-26-25-18(27(21)2)11-23-20(29)15-6-4-5-7-17(15)30-3/h4-10H,11-12H2,1-3H3,(H,23,29)(H,24,28). The molecule has 0 spiro atoms. The maximum atomic E-state index is 12.4. The molecular formula is C21H22ClN5O3S. The van der Waals surface area contributed by atoms with E-state index in [0.717, 1.165) is 5.56 Å². The Kier molecular flexibility index (Phi) is 7.54. The maximum absolute atomic E-state index is 12.4. The Labute approximate surface area is 189 Å². The molecule has 1 aromatic heterocycles. The van der Waals surface area contributed by atoms with E-state index in [0.29, 0.717) is 33.0 Å². The molecule has 0 aliphatic heterocycles. The minimum absolute atomic E-state index is 0.158. The molecule has 0 saturated heterocycles. The third-order valence-corrected chi connectivity index (χ3v) is 5.75. The van der Waals surface area contributed by atoms with Crippen LogP contribution in [0.5, 0.6) is 5.75 Å². The van der Waals surface area contributed by atoms with Gasteiger partial charge in [0.15, 0.2) is 11.0 Å². The van der Waals surface area contributed by atoms with Gasteiger partial charge in [0, 0.05) is 17.8 Å². The highest BCUT2D eigenvalue weighted by Crippen LogP contribution is 2.22. The molecule has 3 rings (SSSR count). The van der Waals surface area contributed by atoms with Gasteiger partial charge in [-0.2, -0.15) is 0 Å². The molecule has 2 aromatic carbocycles. The van der Waals surface area contributed by atoms with E-state index >= 15 is 0 Å². The molecule has 0 radical (unpaired) electrons. The molecule has 8 nitrogen and oxygen atoms in total. The summed E-state index contributed by atoms with van der Waals surface area (Å²) in [6.45, 7) is 2.09. The largest absolute Gasteiger partial charge is 0.496 e. The number of aryl methyl sites for hydroxylation is 1. The van der Waals surface area contributed by atoms with Gasteiger partial charge in [0.05, 0.1) is 25.0 Å². The van der Waals surface area contributed by atoms with Crippen molar-refractivity contribution < 1.29 is 14.3 Å². The van der Waals surface area contributed by atoms with E-state index in [1.165, 1.54) is 18.9 Å². The van der Waals surface area contributed by atoms with Crippen LogP contribution in [-0.2, 0) is 18.4 Å². The lowest BCUT2D eigenvalue weighted by atomic mass is 10.2. The van der Waals surface area contributed by atoms with E-state index in [1.54, 1.807) is 48.0 Å². The Morgan fingerprint density at radius 2 is 1.97 bits per heavy atom. The van der Waals surface area contributed by atoms with Crippen LogP contribution in [0.15, 0.2) is 47.6 Å². The van der Waals surface area contributed by atoms with Crippen LogP contribution in [0.1, 0.15) is 21.7 Å². The summed E-state index contributed by atoms with van der Waals surface area (Å²) in [7, 11) is 3.30. The predicted molar refractivity (Wildman–Crippen MR) is 121 cm³/mol. The molecule has 0 saturated carbocycles. The second-order valence-corrected chi connectivity index (χ2v) is 8.02. The number of hydrogen-bond acceptors (Lipinski definition) is 6. The Balaban J connectivity index is 1.55. The van der Waals surface area contributed by atoms with Crippen molar-refractivity contribution in [1.29, 1.82) is 0 Å². The SMILES string of the molecule is COc1ccccc1C(=O)NCc1nnc(SCC(=O)Nc2cc(Cl)ccc2C)n1C. The van der Waals surface area contributed by atoms with E-state index in [2.05, 4.69) is 20.8 Å². The van der Waals surface area contributed by atoms with Crippen molar-refractivity contribution in [2.75, 3.05) is 18.2 Å². The predicted octanol–water partition coefficient (Wildman–Crippen LogP) is 3.45. The monoisotopic (exact) mass is 459 g/mol. The summed E-state index contributed by atoms with van der Waals surface area (Å²) >= 11 is 7.24. The second kappa shape index (κ2) is 10.3. The van der Waals surface area contributed by atoms with Crippen molar-refractivity contribution in [3.05, 3.63) is 64.4 Å². The van der Waals surface area contributed by atoms with Gasteiger partial charge < -0.3 is 19.9 Å². The fourth-order valence-electron chi connectivity index (χ4n) is 2.76. The number of carbonyl (C=O) groups excluding carboxylic acids is 2. The topological polar surface area (TPSA) is 98.1 Å². The third kappa shape index (κ3) is 5.77. The highest BCUT2D eigenvalue weighted by molar-refractivity contribution is 7.99. The number of ether oxygens (including phenoxy) is 1. The van der Waals surface area contributed by atoms with Crippen LogP contribution < -0.4 is 15.4 Å². The van der Waals surface area contributed by atoms with E-state index in [9.17, 15) is 9.59 Å². The van der Waals surface area contributed by atoms with Crippen LogP contribution in [0.25, 0.3) is 0 Å². The van der Waals surface area contributed by atoms with Crippen LogP contribution in [0.4, 0.5) is 5.69 Å². The summed E-state index contributed by atoms with van der Waals surface area (Å²) in [5.74, 6) is 0.771. The van der Waals surface area contributed by atoms with Crippen molar-refractivity contribution in [2.24, 2.45) is 7.05 Å². The van der Waals surface area contributed by atoms with Crippen LogP contribution >= 0.6 is 23.4 Å². The number of thioether (sulfide) groups is 1. The molecule has 2 amide bonds. The van der Waals surface area contributed by atoms with E-state index in [4.69, 9.17) is 16.3 Å². The van der Waals surface area contributed by atoms with Gasteiger partial charge in [0.25, 0.3) is 5.91 Å². The normalized spacial score (nSPS) is 10.6. The van der Waals surface area contributed by atoms with Gasteiger partial charge in [0.1, 0.15) is 5.75 Å². The number of nitrogens with one attached hydrogen (secondary N) is 2. The Hall–Kier alpha value is -3.04. The lowest BCUT2D eigenvalue weighted by molar-refractivity contribution is -0.113. The summed E-state index contributed by atoms with van der Waals surface area (Å²) in [6, 6.07) is 12.3. The number of carbonyl (C=O) groups is 2. The highest BCUT2D eigenvalue weighted by atomic mass is 35.5. The third-order valence-electron chi connectivity index (χ3n) is 4.49. The zero-order valence-corrected chi connectivity index (χ0v) is 18.9. The number of methoxy groups -OCH3 is 1. The van der Waals surface area contributed by atoms with E-state index in [1.807, 2.05) is 13.0 Å². The molecule has 2 N–H and O–H groups in total. The minimum Gasteiger partial charge on any atom is -0.496 e. The zero-order chi connectivity index (χ0) is 22.4. The van der Waals surface area contributed by atoms with Crippen molar-refractivity contribution in [1.82, 2.24) is 20.1 Å². The number of hydrogen-bond donors (Lipinski definition) is 2. The number of nitrogens with zero attached hydrogens (tertiary/aromatic N) is 3. The van der Waals surface area contributed by atoms with Crippen molar-refractivity contribution in [2.45, 2.75) is 18.6 Å². The zero-order valence-electron chi connectivity index (χ0n) is 17.3. The van der Waals surface area contributed by atoms with Crippen molar-refractivity contribution in [3.8, 4) is 5.75 Å². The fourth-order valence-corrected chi connectivity index (χ4v) is 3.66. The van der Waals surface area contributed by atoms with Gasteiger partial charge in [-0.15, -0.1) is 10.2 Å². The molecule has 10 heteroatoms. The average molecular weight is 460 g/mol. The van der Waals surface area contributed by atoms with E-state index < -0.39 is 0 Å². The molecular weight excluding hydrogens is 438 g/mol. The molecule has 162 valence electrons. The average Bonchev–Trinajstić information content (AvgIpc) is 3.12. The Bertz CT molecular complexity index is 1100. The molecule has 31 heavy (non-hydrogen) atoms. The quantitative estimate of drug-likeness (QED) is 0.501. The van der Waals surface area contributed by atoms with Crippen molar-refractivity contribution >= 4 is 40.9 Å². The molecule has 0 bridgehead atoms. The van der Waals surface area contributed by atoms with Gasteiger partial charge in [-0.05, 0) is 36.8 Å². The first-order valence-electron chi connectivity index (χ1n) is 9.37. The fraction of sp³-hybridized carbons (Fsp3) is 0.238. The molecule has 0 aliphatic rings. The van der Waals surface area contributed by atoms with Crippen LogP contribution in [0.3, 0.4) is 0 Å². The lowest BCUT2D eigenvalue weighted by Crippen LogP contribution is -2.25. The number of anilines is 1.